The molecule has 2 heteroatoms. The lowest BCUT2D eigenvalue weighted by atomic mass is 9.96. The zero-order valence-electron chi connectivity index (χ0n) is 13.7. The summed E-state index contributed by atoms with van der Waals surface area (Å²) in [7, 11) is 2.02. The van der Waals surface area contributed by atoms with Crippen LogP contribution in [0.15, 0.2) is 60.8 Å². The van der Waals surface area contributed by atoms with E-state index in [0.717, 1.165) is 28.7 Å². The lowest BCUT2D eigenvalue weighted by Crippen LogP contribution is -2.31. The first kappa shape index (κ1) is 15.2. The molecule has 0 radical (unpaired) electrons. The van der Waals surface area contributed by atoms with E-state index >= 15 is 0 Å². The molecule has 0 unspecified atom stereocenters. The van der Waals surface area contributed by atoms with Gasteiger partial charge in [0.2, 0.25) is 5.69 Å². The molecule has 2 aromatic carbocycles. The molecule has 0 spiro atoms. The summed E-state index contributed by atoms with van der Waals surface area (Å²) in [6, 6.07) is 18.4. The maximum absolute atomic E-state index is 11.5. The molecular formula is C21H20NO+. The highest BCUT2D eigenvalue weighted by Crippen LogP contribution is 2.28. The molecule has 0 fully saturated rings. The topological polar surface area (TPSA) is 20.9 Å². The van der Waals surface area contributed by atoms with Gasteiger partial charge in [-0.25, -0.2) is 4.57 Å². The molecule has 1 aromatic heterocycles. The minimum atomic E-state index is 0.712. The molecule has 0 bridgehead atoms. The normalized spacial score (nSPS) is 10.6. The number of hydrogen-bond donors (Lipinski definition) is 0. The fraction of sp³-hybridized carbons (Fsp3) is 0.143. The first-order valence-electron chi connectivity index (χ1n) is 7.72. The van der Waals surface area contributed by atoms with Gasteiger partial charge >= 0.3 is 0 Å². The first-order valence-corrected chi connectivity index (χ1v) is 7.72. The Morgan fingerprint density at radius 2 is 1.61 bits per heavy atom. The van der Waals surface area contributed by atoms with Crippen molar-refractivity contribution in [2.75, 3.05) is 0 Å². The van der Waals surface area contributed by atoms with Crippen LogP contribution in [0.25, 0.3) is 22.4 Å². The summed E-state index contributed by atoms with van der Waals surface area (Å²) in [4.78, 5) is 11.5. The Bertz CT molecular complexity index is 867. The van der Waals surface area contributed by atoms with Crippen molar-refractivity contribution in [3.63, 3.8) is 0 Å². The smallest absolute Gasteiger partial charge is 0.213 e. The van der Waals surface area contributed by atoms with Crippen LogP contribution in [-0.2, 0) is 7.05 Å². The Hall–Kier alpha value is -2.74. The van der Waals surface area contributed by atoms with Gasteiger partial charge in [0, 0.05) is 17.2 Å². The van der Waals surface area contributed by atoms with E-state index in [1.807, 2.05) is 37.4 Å². The largest absolute Gasteiger partial charge is 0.298 e. The standard InChI is InChI=1S/C21H20NO/c1-15-11-21(22(3)13-16(15)2)20-12-18(9-10-19(20)14-23)17-7-5-4-6-8-17/h4-14H,1-3H3/q+1. The van der Waals surface area contributed by atoms with E-state index in [4.69, 9.17) is 0 Å². The summed E-state index contributed by atoms with van der Waals surface area (Å²) >= 11 is 0. The van der Waals surface area contributed by atoms with Crippen LogP contribution in [0.4, 0.5) is 0 Å². The van der Waals surface area contributed by atoms with Crippen LogP contribution < -0.4 is 4.57 Å². The van der Waals surface area contributed by atoms with Gasteiger partial charge in [-0.3, -0.25) is 4.79 Å². The number of carbonyl (C=O) groups excluding carboxylic acids is 1. The van der Waals surface area contributed by atoms with E-state index in [9.17, 15) is 4.79 Å². The average Bonchev–Trinajstić information content (AvgIpc) is 2.58. The van der Waals surface area contributed by atoms with Gasteiger partial charge in [-0.2, -0.15) is 0 Å². The Morgan fingerprint density at radius 3 is 2.30 bits per heavy atom. The number of pyridine rings is 1. The second-order valence-corrected chi connectivity index (χ2v) is 5.92. The molecule has 0 aliphatic rings. The molecule has 0 N–H and O–H groups in total. The van der Waals surface area contributed by atoms with E-state index in [0.29, 0.717) is 5.56 Å². The third-order valence-corrected chi connectivity index (χ3v) is 4.31. The number of hydrogen-bond acceptors (Lipinski definition) is 1. The lowest BCUT2D eigenvalue weighted by Gasteiger charge is -2.09. The summed E-state index contributed by atoms with van der Waals surface area (Å²) in [6.45, 7) is 4.20. The van der Waals surface area contributed by atoms with Crippen molar-refractivity contribution in [3.8, 4) is 22.4 Å². The first-order chi connectivity index (χ1) is 11.1. The van der Waals surface area contributed by atoms with E-state index < -0.39 is 0 Å². The van der Waals surface area contributed by atoms with Crippen molar-refractivity contribution in [1.29, 1.82) is 0 Å². The summed E-state index contributed by atoms with van der Waals surface area (Å²) in [5.74, 6) is 0. The van der Waals surface area contributed by atoms with Crippen LogP contribution in [0.2, 0.25) is 0 Å². The van der Waals surface area contributed by atoms with Gasteiger partial charge in [0.1, 0.15) is 7.05 Å². The highest BCUT2D eigenvalue weighted by Gasteiger charge is 2.16. The fourth-order valence-electron chi connectivity index (χ4n) is 2.84. The van der Waals surface area contributed by atoms with Crippen LogP contribution in [0.1, 0.15) is 21.5 Å². The molecule has 0 saturated heterocycles. The number of aromatic nitrogens is 1. The zero-order chi connectivity index (χ0) is 16.4. The Kier molecular flexibility index (Phi) is 4.07. The van der Waals surface area contributed by atoms with E-state index in [1.165, 1.54) is 11.1 Å². The summed E-state index contributed by atoms with van der Waals surface area (Å²) < 4.78 is 2.08. The third kappa shape index (κ3) is 2.93. The number of carbonyl (C=O) groups is 1. The van der Waals surface area contributed by atoms with Crippen molar-refractivity contribution in [1.82, 2.24) is 0 Å². The van der Waals surface area contributed by atoms with Gasteiger partial charge < -0.3 is 0 Å². The van der Waals surface area contributed by atoms with Gasteiger partial charge in [-0.05, 0) is 36.6 Å². The number of aryl methyl sites for hydroxylation is 3. The van der Waals surface area contributed by atoms with Crippen molar-refractivity contribution in [2.24, 2.45) is 7.05 Å². The number of aldehydes is 1. The molecule has 0 amide bonds. The van der Waals surface area contributed by atoms with Crippen LogP contribution in [-0.4, -0.2) is 6.29 Å². The molecule has 0 saturated carbocycles. The van der Waals surface area contributed by atoms with Gasteiger partial charge in [0.05, 0.1) is 5.56 Å². The predicted molar refractivity (Wildman–Crippen MR) is 93.4 cm³/mol. The fourth-order valence-corrected chi connectivity index (χ4v) is 2.84. The molecule has 114 valence electrons. The molecule has 0 aliphatic carbocycles. The van der Waals surface area contributed by atoms with Crippen molar-refractivity contribution in [2.45, 2.75) is 13.8 Å². The number of rotatable bonds is 3. The molecule has 0 atom stereocenters. The second-order valence-electron chi connectivity index (χ2n) is 5.92. The summed E-state index contributed by atoms with van der Waals surface area (Å²) in [6.07, 6.45) is 3.04. The van der Waals surface area contributed by atoms with Gasteiger partial charge in [0.15, 0.2) is 12.5 Å². The highest BCUT2D eigenvalue weighted by atomic mass is 16.1. The third-order valence-electron chi connectivity index (χ3n) is 4.31. The second kappa shape index (κ2) is 6.17. The average molecular weight is 302 g/mol. The molecule has 2 nitrogen and oxygen atoms in total. The molecule has 3 rings (SSSR count). The zero-order valence-corrected chi connectivity index (χ0v) is 13.7. The van der Waals surface area contributed by atoms with E-state index in [2.05, 4.69) is 48.9 Å². The van der Waals surface area contributed by atoms with Crippen molar-refractivity contribution in [3.05, 3.63) is 77.5 Å². The molecule has 3 aromatic rings. The SMILES string of the molecule is Cc1cc(-c2cc(-c3ccccc3)ccc2C=O)[n+](C)cc1C. The van der Waals surface area contributed by atoms with Crippen molar-refractivity contribution < 1.29 is 9.36 Å². The monoisotopic (exact) mass is 302 g/mol. The van der Waals surface area contributed by atoms with Crippen LogP contribution in [0.3, 0.4) is 0 Å². The summed E-state index contributed by atoms with van der Waals surface area (Å²) in [5, 5.41) is 0. The minimum absolute atomic E-state index is 0.712. The van der Waals surface area contributed by atoms with Gasteiger partial charge in [-0.1, -0.05) is 42.5 Å². The van der Waals surface area contributed by atoms with E-state index in [-0.39, 0.29) is 0 Å². The van der Waals surface area contributed by atoms with Crippen LogP contribution in [0.5, 0.6) is 0 Å². The molecular weight excluding hydrogens is 282 g/mol. The molecule has 23 heavy (non-hydrogen) atoms. The Labute approximate surface area is 137 Å². The summed E-state index contributed by atoms with van der Waals surface area (Å²) in [5.41, 5.74) is 7.45. The number of nitrogens with zero attached hydrogens (tertiary/aromatic N) is 1. The predicted octanol–water partition coefficient (Wildman–Crippen LogP) is 4.27. The Morgan fingerprint density at radius 1 is 0.870 bits per heavy atom. The van der Waals surface area contributed by atoms with Crippen LogP contribution >= 0.6 is 0 Å². The highest BCUT2D eigenvalue weighted by molar-refractivity contribution is 5.88. The van der Waals surface area contributed by atoms with Crippen molar-refractivity contribution >= 4 is 6.29 Å². The Balaban J connectivity index is 2.22. The van der Waals surface area contributed by atoms with Gasteiger partial charge in [-0.15, -0.1) is 0 Å². The van der Waals surface area contributed by atoms with Gasteiger partial charge in [0.25, 0.3) is 0 Å². The van der Waals surface area contributed by atoms with Crippen LogP contribution in [0, 0.1) is 13.8 Å². The minimum Gasteiger partial charge on any atom is -0.298 e. The molecule has 1 heterocycles. The molecule has 0 aliphatic heterocycles. The quantitative estimate of drug-likeness (QED) is 0.523. The number of benzene rings is 2. The van der Waals surface area contributed by atoms with E-state index in [1.54, 1.807) is 0 Å². The lowest BCUT2D eigenvalue weighted by molar-refractivity contribution is -0.660. The maximum Gasteiger partial charge on any atom is 0.213 e. The maximum atomic E-state index is 11.5.